The lowest BCUT2D eigenvalue weighted by Crippen LogP contribution is -2.17. The van der Waals surface area contributed by atoms with Crippen LogP contribution in [0.15, 0.2) is 35.7 Å². The number of sulfone groups is 1. The molecule has 2 rings (SSSR count). The van der Waals surface area contributed by atoms with E-state index in [1.807, 2.05) is 0 Å². The average molecular weight is 286 g/mol. The average Bonchev–Trinajstić information content (AvgIpc) is 2.61. The summed E-state index contributed by atoms with van der Waals surface area (Å²) in [6, 6.07) is 6.75. The Kier molecular flexibility index (Phi) is 3.73. The van der Waals surface area contributed by atoms with Crippen LogP contribution in [0.3, 0.4) is 0 Å². The van der Waals surface area contributed by atoms with Crippen LogP contribution >= 0.6 is 11.6 Å². The Morgan fingerprint density at radius 3 is 2.56 bits per heavy atom. The van der Waals surface area contributed by atoms with Crippen LogP contribution in [0.5, 0.6) is 0 Å². The van der Waals surface area contributed by atoms with E-state index in [9.17, 15) is 13.2 Å². The monoisotopic (exact) mass is 285 g/mol. The predicted molar refractivity (Wildman–Crippen MR) is 71.1 cm³/mol. The first-order chi connectivity index (χ1) is 8.44. The fourth-order valence-corrected chi connectivity index (χ4v) is 3.28. The number of hydrogen-bond acceptors (Lipinski definition) is 3. The lowest BCUT2D eigenvalue weighted by atomic mass is 10.1. The van der Waals surface area contributed by atoms with Gasteiger partial charge in [0.25, 0.3) is 0 Å². The third-order valence-corrected chi connectivity index (χ3v) is 4.30. The topological polar surface area (TPSA) is 63.2 Å². The number of nitrogens with one attached hydrogen (secondary N) is 1. The van der Waals surface area contributed by atoms with E-state index in [2.05, 4.69) is 5.32 Å². The van der Waals surface area contributed by atoms with Crippen molar-refractivity contribution >= 4 is 33.0 Å². The second-order valence-corrected chi connectivity index (χ2v) is 6.54. The molecule has 6 heteroatoms. The third-order valence-electron chi connectivity index (χ3n) is 2.58. The summed E-state index contributed by atoms with van der Waals surface area (Å²) in [5.74, 6) is -0.424. The lowest BCUT2D eigenvalue weighted by Gasteiger charge is -2.08. The molecule has 1 aromatic rings. The van der Waals surface area contributed by atoms with Crippen molar-refractivity contribution in [1.82, 2.24) is 0 Å². The minimum absolute atomic E-state index is 0.0149. The van der Waals surface area contributed by atoms with Gasteiger partial charge in [-0.05, 0) is 24.3 Å². The van der Waals surface area contributed by atoms with Gasteiger partial charge < -0.3 is 5.32 Å². The fourth-order valence-electron chi connectivity index (χ4n) is 1.75. The van der Waals surface area contributed by atoms with Crippen molar-refractivity contribution < 1.29 is 13.2 Å². The molecule has 0 bridgehead atoms. The van der Waals surface area contributed by atoms with Crippen molar-refractivity contribution in [3.63, 3.8) is 0 Å². The number of anilines is 1. The quantitative estimate of drug-likeness (QED) is 0.926. The van der Waals surface area contributed by atoms with Gasteiger partial charge >= 0.3 is 0 Å². The molecule has 0 saturated heterocycles. The minimum Gasteiger partial charge on any atom is -0.326 e. The first-order valence-electron chi connectivity index (χ1n) is 5.41. The van der Waals surface area contributed by atoms with Crippen molar-refractivity contribution in [2.24, 2.45) is 5.92 Å². The van der Waals surface area contributed by atoms with Crippen molar-refractivity contribution in [3.8, 4) is 0 Å². The summed E-state index contributed by atoms with van der Waals surface area (Å²) in [5, 5.41) is 4.47. The molecule has 1 aliphatic heterocycles. The van der Waals surface area contributed by atoms with E-state index in [0.717, 1.165) is 0 Å². The standard InChI is InChI=1S/C12H12ClNO3S/c13-10-1-3-11(4-2-10)14-12(15)7-9-5-6-18(16,17)8-9/h1-6,9H,7-8H2,(H,14,15). The van der Waals surface area contributed by atoms with Gasteiger partial charge in [0.2, 0.25) is 5.91 Å². The highest BCUT2D eigenvalue weighted by Crippen LogP contribution is 2.19. The molecule has 1 N–H and O–H groups in total. The number of carbonyl (C=O) groups excluding carboxylic acids is 1. The summed E-state index contributed by atoms with van der Waals surface area (Å²) in [6.07, 6.45) is 1.73. The van der Waals surface area contributed by atoms with Crippen molar-refractivity contribution in [2.45, 2.75) is 6.42 Å². The van der Waals surface area contributed by atoms with Gasteiger partial charge in [0.05, 0.1) is 5.75 Å². The Balaban J connectivity index is 1.90. The highest BCUT2D eigenvalue weighted by molar-refractivity contribution is 7.94. The molecule has 0 fully saturated rings. The molecule has 4 nitrogen and oxygen atoms in total. The molecule has 0 aromatic heterocycles. The highest BCUT2D eigenvalue weighted by Gasteiger charge is 2.23. The van der Waals surface area contributed by atoms with E-state index >= 15 is 0 Å². The van der Waals surface area contributed by atoms with Crippen LogP contribution < -0.4 is 5.32 Å². The van der Waals surface area contributed by atoms with Gasteiger partial charge in [-0.3, -0.25) is 4.79 Å². The molecule has 1 atom stereocenters. The zero-order chi connectivity index (χ0) is 13.2. The van der Waals surface area contributed by atoms with Gasteiger partial charge in [0, 0.05) is 28.5 Å². The Morgan fingerprint density at radius 1 is 1.33 bits per heavy atom. The molecule has 0 aliphatic carbocycles. The van der Waals surface area contributed by atoms with Crippen LogP contribution in [0.25, 0.3) is 0 Å². The number of halogens is 1. The van der Waals surface area contributed by atoms with Crippen LogP contribution in [0.2, 0.25) is 5.02 Å². The number of rotatable bonds is 3. The van der Waals surface area contributed by atoms with E-state index in [4.69, 9.17) is 11.6 Å². The number of benzene rings is 1. The Bertz CT molecular complexity index is 578. The molecule has 18 heavy (non-hydrogen) atoms. The zero-order valence-electron chi connectivity index (χ0n) is 9.47. The van der Waals surface area contributed by atoms with E-state index < -0.39 is 9.84 Å². The number of amides is 1. The molecule has 96 valence electrons. The first kappa shape index (κ1) is 13.1. The van der Waals surface area contributed by atoms with E-state index in [0.29, 0.717) is 10.7 Å². The van der Waals surface area contributed by atoms with Crippen molar-refractivity contribution in [2.75, 3.05) is 11.1 Å². The molecule has 1 aliphatic rings. The Morgan fingerprint density at radius 2 is 2.00 bits per heavy atom. The molecule has 0 spiro atoms. The predicted octanol–water partition coefficient (Wildman–Crippen LogP) is 2.23. The number of allylic oxidation sites excluding steroid dienone is 1. The SMILES string of the molecule is O=C(CC1C=CS(=O)(=O)C1)Nc1ccc(Cl)cc1. The number of hydrogen-bond donors (Lipinski definition) is 1. The van der Waals surface area contributed by atoms with Crippen molar-refractivity contribution in [1.29, 1.82) is 0 Å². The zero-order valence-corrected chi connectivity index (χ0v) is 11.0. The van der Waals surface area contributed by atoms with E-state index in [-0.39, 0.29) is 24.0 Å². The molecular weight excluding hydrogens is 274 g/mol. The summed E-state index contributed by atoms with van der Waals surface area (Å²) in [5.41, 5.74) is 0.647. The second kappa shape index (κ2) is 5.12. The van der Waals surface area contributed by atoms with Crippen molar-refractivity contribution in [3.05, 3.63) is 40.8 Å². The van der Waals surface area contributed by atoms with Gasteiger partial charge in [-0.15, -0.1) is 0 Å². The number of carbonyl (C=O) groups is 1. The van der Waals surface area contributed by atoms with Crippen LogP contribution in [0.4, 0.5) is 5.69 Å². The summed E-state index contributed by atoms with van der Waals surface area (Å²) in [7, 11) is -3.10. The molecule has 0 radical (unpaired) electrons. The summed E-state index contributed by atoms with van der Waals surface area (Å²) < 4.78 is 22.4. The molecular formula is C12H12ClNO3S. The molecule has 1 unspecified atom stereocenters. The largest absolute Gasteiger partial charge is 0.326 e. The fraction of sp³-hybridized carbons (Fsp3) is 0.250. The lowest BCUT2D eigenvalue weighted by molar-refractivity contribution is -0.116. The molecule has 1 amide bonds. The smallest absolute Gasteiger partial charge is 0.224 e. The maximum atomic E-state index is 11.7. The molecule has 1 aromatic carbocycles. The second-order valence-electron chi connectivity index (χ2n) is 4.18. The molecule has 0 saturated carbocycles. The van der Waals surface area contributed by atoms with E-state index in [1.54, 1.807) is 30.3 Å². The van der Waals surface area contributed by atoms with Crippen LogP contribution in [-0.4, -0.2) is 20.1 Å². The Hall–Kier alpha value is -1.33. The molecule has 1 heterocycles. The van der Waals surface area contributed by atoms with Crippen LogP contribution in [0.1, 0.15) is 6.42 Å². The third kappa shape index (κ3) is 3.58. The Labute approximate surface area is 111 Å². The summed E-state index contributed by atoms with van der Waals surface area (Å²) in [6.45, 7) is 0. The first-order valence-corrected chi connectivity index (χ1v) is 7.50. The van der Waals surface area contributed by atoms with Gasteiger partial charge in [0.1, 0.15) is 0 Å². The maximum Gasteiger partial charge on any atom is 0.224 e. The van der Waals surface area contributed by atoms with Gasteiger partial charge in [0.15, 0.2) is 9.84 Å². The van der Waals surface area contributed by atoms with E-state index in [1.165, 1.54) is 5.41 Å². The summed E-state index contributed by atoms with van der Waals surface area (Å²) in [4.78, 5) is 11.7. The van der Waals surface area contributed by atoms with Gasteiger partial charge in [-0.25, -0.2) is 8.42 Å². The van der Waals surface area contributed by atoms with Gasteiger partial charge in [-0.1, -0.05) is 17.7 Å². The highest BCUT2D eigenvalue weighted by atomic mass is 35.5. The van der Waals surface area contributed by atoms with Crippen LogP contribution in [0, 0.1) is 5.92 Å². The van der Waals surface area contributed by atoms with Crippen LogP contribution in [-0.2, 0) is 14.6 Å². The maximum absolute atomic E-state index is 11.7. The summed E-state index contributed by atoms with van der Waals surface area (Å²) >= 11 is 5.73. The normalized spacial score (nSPS) is 20.8. The van der Waals surface area contributed by atoms with Gasteiger partial charge in [-0.2, -0.15) is 0 Å². The minimum atomic E-state index is -3.10.